The maximum Gasteiger partial charge on any atom is 0.281 e. The summed E-state index contributed by atoms with van der Waals surface area (Å²) in [7, 11) is 0. The molecule has 176 valence electrons. The van der Waals surface area contributed by atoms with Crippen molar-refractivity contribution in [3.05, 3.63) is 75.9 Å². The van der Waals surface area contributed by atoms with Gasteiger partial charge in [-0.15, -0.1) is 39.5 Å². The van der Waals surface area contributed by atoms with Crippen LogP contribution in [0.3, 0.4) is 0 Å². The van der Waals surface area contributed by atoms with Crippen LogP contribution < -0.4 is 0 Å². The SMILES string of the molecule is C=CCC(C(O)(O)O)C(CC=C)(CC=C)OC(CC=C)(CC=C)C(CC=C)C(O)(O)O. The van der Waals surface area contributed by atoms with E-state index in [1.54, 1.807) is 0 Å². The molecular formula is C24H38O7. The molecule has 0 rings (SSSR count). The average Bonchev–Trinajstić information content (AvgIpc) is 2.63. The van der Waals surface area contributed by atoms with E-state index in [0.717, 1.165) is 0 Å². The highest BCUT2D eigenvalue weighted by atomic mass is 16.7. The smallest absolute Gasteiger partial charge is 0.281 e. The van der Waals surface area contributed by atoms with Gasteiger partial charge in [0.25, 0.3) is 11.9 Å². The molecule has 2 unspecified atom stereocenters. The number of hydrogen-bond donors (Lipinski definition) is 6. The number of aliphatic hydroxyl groups is 6. The van der Waals surface area contributed by atoms with Crippen LogP contribution in [0.4, 0.5) is 0 Å². The first-order valence-corrected chi connectivity index (χ1v) is 10.0. The number of hydrogen-bond acceptors (Lipinski definition) is 7. The molecule has 0 aromatic carbocycles. The zero-order chi connectivity index (χ0) is 24.3. The van der Waals surface area contributed by atoms with Gasteiger partial charge in [0.2, 0.25) is 0 Å². The second kappa shape index (κ2) is 12.3. The minimum Gasteiger partial charge on any atom is -0.366 e. The summed E-state index contributed by atoms with van der Waals surface area (Å²) < 4.78 is 6.53. The van der Waals surface area contributed by atoms with E-state index in [0.29, 0.717) is 0 Å². The van der Waals surface area contributed by atoms with E-state index in [1.807, 2.05) is 0 Å². The molecule has 0 aromatic rings. The van der Waals surface area contributed by atoms with Gasteiger partial charge in [-0.3, -0.25) is 0 Å². The summed E-state index contributed by atoms with van der Waals surface area (Å²) in [6.07, 6.45) is 8.63. The van der Waals surface area contributed by atoms with Crippen LogP contribution in [-0.2, 0) is 4.74 Å². The second-order valence-corrected chi connectivity index (χ2v) is 7.73. The van der Waals surface area contributed by atoms with Gasteiger partial charge in [-0.1, -0.05) is 36.5 Å². The minimum atomic E-state index is -3.17. The van der Waals surface area contributed by atoms with Crippen molar-refractivity contribution in [2.45, 2.75) is 61.7 Å². The second-order valence-electron chi connectivity index (χ2n) is 7.73. The van der Waals surface area contributed by atoms with E-state index >= 15 is 0 Å². The van der Waals surface area contributed by atoms with Gasteiger partial charge in [0, 0.05) is 0 Å². The molecule has 6 N–H and O–H groups in total. The predicted octanol–water partition coefficient (Wildman–Crippen LogP) is 2.43. The van der Waals surface area contributed by atoms with Gasteiger partial charge >= 0.3 is 0 Å². The molecule has 0 aliphatic heterocycles. The van der Waals surface area contributed by atoms with E-state index in [9.17, 15) is 30.6 Å². The number of ether oxygens (including phenoxy) is 1. The third-order valence-electron chi connectivity index (χ3n) is 5.38. The first-order valence-electron chi connectivity index (χ1n) is 10.0. The summed E-state index contributed by atoms with van der Waals surface area (Å²) in [5.74, 6) is -9.01. The fourth-order valence-electron chi connectivity index (χ4n) is 4.21. The Hall–Kier alpha value is -1.84. The van der Waals surface area contributed by atoms with Crippen LogP contribution in [0.5, 0.6) is 0 Å². The van der Waals surface area contributed by atoms with Gasteiger partial charge < -0.3 is 35.4 Å². The molecule has 7 heteroatoms. The first-order chi connectivity index (χ1) is 14.3. The molecule has 0 spiro atoms. The lowest BCUT2D eigenvalue weighted by molar-refractivity contribution is -0.396. The van der Waals surface area contributed by atoms with Gasteiger partial charge in [-0.05, 0) is 38.5 Å². The van der Waals surface area contributed by atoms with Crippen molar-refractivity contribution < 1.29 is 35.4 Å². The standard InChI is InChI=1S/C24H38O7/c1-7-13-19(23(25,26)27)21(15-9-3,16-10-4)31-22(17-11-5,18-12-6)20(14-8-2)24(28,29)30/h7-12,19-20,25-30H,1-6,13-18H2. The summed E-state index contributed by atoms with van der Waals surface area (Å²) in [6, 6.07) is 0. The topological polar surface area (TPSA) is 131 Å². The molecular weight excluding hydrogens is 400 g/mol. The van der Waals surface area contributed by atoms with Crippen molar-refractivity contribution in [1.29, 1.82) is 0 Å². The first kappa shape index (κ1) is 29.2. The highest BCUT2D eigenvalue weighted by Crippen LogP contribution is 2.48. The lowest BCUT2D eigenvalue weighted by atomic mass is 9.73. The van der Waals surface area contributed by atoms with E-state index < -0.39 is 35.0 Å². The third-order valence-corrected chi connectivity index (χ3v) is 5.38. The van der Waals surface area contributed by atoms with Crippen molar-refractivity contribution in [2.24, 2.45) is 11.8 Å². The maximum absolute atomic E-state index is 10.2. The van der Waals surface area contributed by atoms with Crippen molar-refractivity contribution in [2.75, 3.05) is 0 Å². The zero-order valence-corrected chi connectivity index (χ0v) is 18.2. The van der Waals surface area contributed by atoms with Gasteiger partial charge in [-0.2, -0.15) is 0 Å². The summed E-state index contributed by atoms with van der Waals surface area (Å²) in [5.41, 5.74) is -3.07. The van der Waals surface area contributed by atoms with Crippen LogP contribution in [0, 0.1) is 11.8 Å². The molecule has 0 aliphatic rings. The van der Waals surface area contributed by atoms with Crippen molar-refractivity contribution in [3.8, 4) is 0 Å². The van der Waals surface area contributed by atoms with E-state index in [-0.39, 0.29) is 38.5 Å². The molecule has 0 heterocycles. The molecule has 0 aromatic heterocycles. The van der Waals surface area contributed by atoms with Crippen LogP contribution in [0.2, 0.25) is 0 Å². The summed E-state index contributed by atoms with van der Waals surface area (Å²) >= 11 is 0. The lowest BCUT2D eigenvalue weighted by Crippen LogP contribution is -2.61. The Morgan fingerprint density at radius 3 is 0.935 bits per heavy atom. The highest BCUT2D eigenvalue weighted by molar-refractivity contribution is 5.09. The Kier molecular flexibility index (Phi) is 11.5. The van der Waals surface area contributed by atoms with E-state index in [2.05, 4.69) is 39.5 Å². The van der Waals surface area contributed by atoms with Crippen molar-refractivity contribution in [3.63, 3.8) is 0 Å². The molecule has 7 nitrogen and oxygen atoms in total. The average molecular weight is 439 g/mol. The molecule has 31 heavy (non-hydrogen) atoms. The molecule has 0 amide bonds. The fraction of sp³-hybridized carbons (Fsp3) is 0.500. The fourth-order valence-corrected chi connectivity index (χ4v) is 4.21. The predicted molar refractivity (Wildman–Crippen MR) is 121 cm³/mol. The zero-order valence-electron chi connectivity index (χ0n) is 18.2. The minimum absolute atomic E-state index is 0.0209. The molecule has 0 bridgehead atoms. The van der Waals surface area contributed by atoms with Gasteiger partial charge in [0.15, 0.2) is 0 Å². The summed E-state index contributed by atoms with van der Waals surface area (Å²) in [5, 5.41) is 61.0. The molecule has 0 saturated heterocycles. The van der Waals surface area contributed by atoms with Crippen LogP contribution in [0.25, 0.3) is 0 Å². The van der Waals surface area contributed by atoms with Gasteiger partial charge in [-0.25, -0.2) is 0 Å². The summed E-state index contributed by atoms with van der Waals surface area (Å²) in [6.45, 7) is 22.1. The van der Waals surface area contributed by atoms with Crippen LogP contribution in [0.15, 0.2) is 75.9 Å². The quantitative estimate of drug-likeness (QED) is 0.143. The van der Waals surface area contributed by atoms with Crippen molar-refractivity contribution >= 4 is 0 Å². The Morgan fingerprint density at radius 2 is 0.774 bits per heavy atom. The molecule has 0 aliphatic carbocycles. The third kappa shape index (κ3) is 7.66. The molecule has 0 fully saturated rings. The van der Waals surface area contributed by atoms with E-state index in [4.69, 9.17) is 4.74 Å². The molecule has 0 radical (unpaired) electrons. The largest absolute Gasteiger partial charge is 0.366 e. The van der Waals surface area contributed by atoms with Crippen LogP contribution >= 0.6 is 0 Å². The van der Waals surface area contributed by atoms with E-state index in [1.165, 1.54) is 36.5 Å². The Balaban J connectivity index is 7.06. The Labute approximate surface area is 185 Å². The maximum atomic E-state index is 10.2. The summed E-state index contributed by atoms with van der Waals surface area (Å²) in [4.78, 5) is 0. The Morgan fingerprint density at radius 1 is 0.516 bits per heavy atom. The highest BCUT2D eigenvalue weighted by Gasteiger charge is 2.56. The molecule has 0 saturated carbocycles. The molecule has 2 atom stereocenters. The number of rotatable bonds is 18. The van der Waals surface area contributed by atoms with Crippen LogP contribution in [-0.4, -0.2) is 53.8 Å². The van der Waals surface area contributed by atoms with Crippen molar-refractivity contribution in [1.82, 2.24) is 0 Å². The van der Waals surface area contributed by atoms with Gasteiger partial charge in [0.1, 0.15) is 0 Å². The Bertz CT molecular complexity index is 551. The number of allylic oxidation sites excluding steroid dienone is 2. The monoisotopic (exact) mass is 438 g/mol. The normalized spacial score (nSPS) is 14.9. The van der Waals surface area contributed by atoms with Gasteiger partial charge in [0.05, 0.1) is 23.0 Å². The lowest BCUT2D eigenvalue weighted by Gasteiger charge is -2.52. The van der Waals surface area contributed by atoms with Crippen LogP contribution in [0.1, 0.15) is 38.5 Å².